The molecule has 2 aromatic rings. The molecule has 7 heteroatoms. The number of aryl methyl sites for hydroxylation is 1. The average Bonchev–Trinajstić information content (AvgIpc) is 2.57. The summed E-state index contributed by atoms with van der Waals surface area (Å²) in [5.41, 5.74) is 0.0677. The number of nitrogens with one attached hydrogen (secondary N) is 1. The molecular formula is C17H18Cl2N2O3. The highest BCUT2D eigenvalue weighted by molar-refractivity contribution is 6.42. The van der Waals surface area contributed by atoms with E-state index in [0.717, 1.165) is 6.54 Å². The highest BCUT2D eigenvalue weighted by Crippen LogP contribution is 2.31. The Morgan fingerprint density at radius 3 is 2.83 bits per heavy atom. The predicted molar refractivity (Wildman–Crippen MR) is 96.2 cm³/mol. The molecular weight excluding hydrogens is 351 g/mol. The molecule has 1 heterocycles. The third-order valence-corrected chi connectivity index (χ3v) is 4.14. The van der Waals surface area contributed by atoms with Gasteiger partial charge in [0.1, 0.15) is 16.5 Å². The lowest BCUT2D eigenvalue weighted by Crippen LogP contribution is -2.19. The molecule has 0 aliphatic heterocycles. The number of hydrogen-bond donors (Lipinski definition) is 1. The van der Waals surface area contributed by atoms with Crippen molar-refractivity contribution < 1.29 is 9.53 Å². The van der Waals surface area contributed by atoms with Crippen molar-refractivity contribution in [3.63, 3.8) is 0 Å². The first-order valence-electron chi connectivity index (χ1n) is 7.58. The third-order valence-electron chi connectivity index (χ3n) is 3.34. The molecule has 0 atom stereocenters. The fourth-order valence-electron chi connectivity index (χ4n) is 2.04. The average molecular weight is 369 g/mol. The van der Waals surface area contributed by atoms with E-state index in [2.05, 4.69) is 5.32 Å². The van der Waals surface area contributed by atoms with Gasteiger partial charge in [-0.1, -0.05) is 29.3 Å². The van der Waals surface area contributed by atoms with Crippen LogP contribution in [0.1, 0.15) is 19.8 Å². The molecule has 0 aliphatic carbocycles. The molecule has 0 aliphatic rings. The summed E-state index contributed by atoms with van der Waals surface area (Å²) in [6.07, 6.45) is 4.03. The minimum Gasteiger partial charge on any atom is -0.492 e. The van der Waals surface area contributed by atoms with Crippen LogP contribution < -0.4 is 15.5 Å². The molecule has 0 spiro atoms. The standard InChI is InChI=1S/C17H18Cl2N2O3/c1-2-21-9-8-14(22)13(11-21)20-16(23)7-4-10-24-15-6-3-5-12(18)17(15)19/h3,5-6,8-9,11H,2,4,7,10H2,1H3,(H,20,23). The maximum absolute atomic E-state index is 11.9. The van der Waals surface area contributed by atoms with Gasteiger partial charge in [0.2, 0.25) is 11.3 Å². The van der Waals surface area contributed by atoms with Crippen molar-refractivity contribution in [2.24, 2.45) is 0 Å². The number of carbonyl (C=O) groups excluding carboxylic acids is 1. The quantitative estimate of drug-likeness (QED) is 0.752. The molecule has 0 saturated carbocycles. The number of carbonyl (C=O) groups is 1. The van der Waals surface area contributed by atoms with E-state index in [0.29, 0.717) is 28.8 Å². The summed E-state index contributed by atoms with van der Waals surface area (Å²) < 4.78 is 7.34. The van der Waals surface area contributed by atoms with Gasteiger partial charge in [-0.15, -0.1) is 0 Å². The molecule has 1 aromatic heterocycles. The highest BCUT2D eigenvalue weighted by Gasteiger charge is 2.08. The Morgan fingerprint density at radius 1 is 1.29 bits per heavy atom. The molecule has 1 aromatic carbocycles. The summed E-state index contributed by atoms with van der Waals surface area (Å²) in [5.74, 6) is 0.250. The SMILES string of the molecule is CCn1ccc(=O)c(NC(=O)CCCOc2cccc(Cl)c2Cl)c1. The zero-order valence-electron chi connectivity index (χ0n) is 13.2. The van der Waals surface area contributed by atoms with Crippen molar-refractivity contribution in [2.45, 2.75) is 26.3 Å². The van der Waals surface area contributed by atoms with E-state index in [9.17, 15) is 9.59 Å². The number of nitrogens with zero attached hydrogens (tertiary/aromatic N) is 1. The van der Waals surface area contributed by atoms with Crippen LogP contribution in [0.15, 0.2) is 41.5 Å². The lowest BCUT2D eigenvalue weighted by molar-refractivity contribution is -0.116. The Balaban J connectivity index is 1.81. The third kappa shape index (κ3) is 5.01. The van der Waals surface area contributed by atoms with Crippen LogP contribution in [0.5, 0.6) is 5.75 Å². The van der Waals surface area contributed by atoms with E-state index < -0.39 is 0 Å². The molecule has 0 unspecified atom stereocenters. The molecule has 5 nitrogen and oxygen atoms in total. The van der Waals surface area contributed by atoms with Crippen molar-refractivity contribution in [3.8, 4) is 5.75 Å². The van der Waals surface area contributed by atoms with E-state index in [1.165, 1.54) is 6.07 Å². The van der Waals surface area contributed by atoms with Crippen LogP contribution in [-0.2, 0) is 11.3 Å². The first kappa shape index (κ1) is 18.4. The number of benzene rings is 1. The minimum absolute atomic E-state index is 0.213. The van der Waals surface area contributed by atoms with Crippen molar-refractivity contribution in [1.82, 2.24) is 4.57 Å². The number of amides is 1. The number of aromatic nitrogens is 1. The van der Waals surface area contributed by atoms with Crippen LogP contribution in [0.2, 0.25) is 10.0 Å². The number of anilines is 1. The van der Waals surface area contributed by atoms with E-state index in [4.69, 9.17) is 27.9 Å². The molecule has 0 bridgehead atoms. The normalized spacial score (nSPS) is 10.5. The van der Waals surface area contributed by atoms with Crippen molar-refractivity contribution >= 4 is 34.8 Å². The lowest BCUT2D eigenvalue weighted by atomic mass is 10.3. The summed E-state index contributed by atoms with van der Waals surface area (Å²) >= 11 is 11.9. The lowest BCUT2D eigenvalue weighted by Gasteiger charge is -2.09. The summed E-state index contributed by atoms with van der Waals surface area (Å²) in [7, 11) is 0. The summed E-state index contributed by atoms with van der Waals surface area (Å²) in [4.78, 5) is 23.7. The Morgan fingerprint density at radius 2 is 2.08 bits per heavy atom. The Labute approximate surface area is 150 Å². The van der Waals surface area contributed by atoms with E-state index in [1.807, 2.05) is 11.5 Å². The van der Waals surface area contributed by atoms with Gasteiger partial charge in [-0.3, -0.25) is 9.59 Å². The number of halogens is 2. The van der Waals surface area contributed by atoms with Gasteiger partial charge in [-0.25, -0.2) is 0 Å². The molecule has 2 rings (SSSR count). The van der Waals surface area contributed by atoms with Crippen LogP contribution >= 0.6 is 23.2 Å². The molecule has 1 amide bonds. The maximum atomic E-state index is 11.9. The van der Waals surface area contributed by atoms with Gasteiger partial charge in [-0.05, 0) is 25.5 Å². The van der Waals surface area contributed by atoms with Gasteiger partial charge in [0.25, 0.3) is 0 Å². The first-order chi connectivity index (χ1) is 11.5. The number of rotatable bonds is 7. The van der Waals surface area contributed by atoms with Crippen LogP contribution in [0.25, 0.3) is 0 Å². The summed E-state index contributed by atoms with van der Waals surface area (Å²) in [6, 6.07) is 6.56. The molecule has 0 fully saturated rings. The van der Waals surface area contributed by atoms with Crippen LogP contribution in [0.3, 0.4) is 0 Å². The fourth-order valence-corrected chi connectivity index (χ4v) is 2.39. The van der Waals surface area contributed by atoms with Crippen molar-refractivity contribution in [3.05, 3.63) is 56.9 Å². The maximum Gasteiger partial charge on any atom is 0.224 e. The van der Waals surface area contributed by atoms with Crippen LogP contribution in [0, 0.1) is 0 Å². The molecule has 1 N–H and O–H groups in total. The fraction of sp³-hybridized carbons (Fsp3) is 0.294. The topological polar surface area (TPSA) is 60.3 Å². The Bertz CT molecular complexity index is 775. The van der Waals surface area contributed by atoms with Gasteiger partial charge >= 0.3 is 0 Å². The Hall–Kier alpha value is -1.98. The van der Waals surface area contributed by atoms with E-state index in [-0.39, 0.29) is 23.4 Å². The van der Waals surface area contributed by atoms with Gasteiger partial charge in [0.05, 0.1) is 11.6 Å². The number of pyridine rings is 1. The molecule has 0 saturated heterocycles. The van der Waals surface area contributed by atoms with Crippen LogP contribution in [0.4, 0.5) is 5.69 Å². The smallest absolute Gasteiger partial charge is 0.224 e. The van der Waals surface area contributed by atoms with Crippen molar-refractivity contribution in [2.75, 3.05) is 11.9 Å². The number of hydrogen-bond acceptors (Lipinski definition) is 3. The van der Waals surface area contributed by atoms with E-state index >= 15 is 0 Å². The van der Waals surface area contributed by atoms with Crippen LogP contribution in [-0.4, -0.2) is 17.1 Å². The highest BCUT2D eigenvalue weighted by atomic mass is 35.5. The predicted octanol–water partition coefficient (Wildman–Crippen LogP) is 3.97. The summed E-state index contributed by atoms with van der Waals surface area (Å²) in [6.45, 7) is 2.99. The monoisotopic (exact) mass is 368 g/mol. The zero-order valence-corrected chi connectivity index (χ0v) is 14.7. The second-order valence-corrected chi connectivity index (χ2v) is 5.89. The Kier molecular flexibility index (Phi) is 6.70. The second kappa shape index (κ2) is 8.76. The molecule has 24 heavy (non-hydrogen) atoms. The molecule has 0 radical (unpaired) electrons. The van der Waals surface area contributed by atoms with E-state index in [1.54, 1.807) is 30.6 Å². The molecule has 128 valence electrons. The largest absolute Gasteiger partial charge is 0.492 e. The van der Waals surface area contributed by atoms with Crippen molar-refractivity contribution in [1.29, 1.82) is 0 Å². The first-order valence-corrected chi connectivity index (χ1v) is 8.33. The summed E-state index contributed by atoms with van der Waals surface area (Å²) in [5, 5.41) is 3.40. The second-order valence-electron chi connectivity index (χ2n) is 5.11. The zero-order chi connectivity index (χ0) is 17.5. The van der Waals surface area contributed by atoms with Gasteiger partial charge in [0.15, 0.2) is 0 Å². The number of ether oxygens (including phenoxy) is 1. The minimum atomic E-state index is -0.234. The van der Waals surface area contributed by atoms with Gasteiger partial charge < -0.3 is 14.6 Å². The van der Waals surface area contributed by atoms with Gasteiger partial charge in [-0.2, -0.15) is 0 Å². The van der Waals surface area contributed by atoms with Gasteiger partial charge in [0, 0.05) is 31.4 Å².